The van der Waals surface area contributed by atoms with Crippen LogP contribution >= 0.6 is 0 Å². The lowest BCUT2D eigenvalue weighted by Gasteiger charge is -2.33. The standard InChI is InChI=1S/C27H31N3O2/c1-29(2)24-14-12-22(13-15-24)26(30-17-16-21-8-6-7-9-23(21)19-30)18-28-27(31)20-32-25-10-4-3-5-11-25/h3-15,26H,16-20H2,1-2H3,(H,28,31)/p+1/t26-/m1/s1. The minimum absolute atomic E-state index is 0.0223. The van der Waals surface area contributed by atoms with Crippen molar-refractivity contribution < 1.29 is 14.4 Å². The summed E-state index contributed by atoms with van der Waals surface area (Å²) in [7, 11) is 4.10. The minimum Gasteiger partial charge on any atom is -0.484 e. The average molecular weight is 431 g/mol. The molecule has 32 heavy (non-hydrogen) atoms. The SMILES string of the molecule is CN(C)c1ccc([C@@H](CNC(=O)COc2ccccc2)[NH+]2CCc3ccccc3C2)cc1. The lowest BCUT2D eigenvalue weighted by atomic mass is 9.96. The van der Waals surface area contributed by atoms with E-state index in [1.54, 1.807) is 0 Å². The molecule has 2 atom stereocenters. The average Bonchev–Trinajstić information content (AvgIpc) is 2.83. The minimum atomic E-state index is -0.0967. The molecule has 1 heterocycles. The van der Waals surface area contributed by atoms with Crippen LogP contribution in [0.15, 0.2) is 78.9 Å². The monoisotopic (exact) mass is 430 g/mol. The van der Waals surface area contributed by atoms with Gasteiger partial charge in [0.15, 0.2) is 6.61 Å². The largest absolute Gasteiger partial charge is 0.484 e. The first-order chi connectivity index (χ1) is 15.6. The number of hydrogen-bond acceptors (Lipinski definition) is 3. The van der Waals surface area contributed by atoms with Crippen molar-refractivity contribution in [3.8, 4) is 5.75 Å². The summed E-state index contributed by atoms with van der Waals surface area (Å²) in [6.45, 7) is 2.62. The van der Waals surface area contributed by atoms with E-state index in [2.05, 4.69) is 58.7 Å². The van der Waals surface area contributed by atoms with Gasteiger partial charge in [0.1, 0.15) is 18.3 Å². The first-order valence-electron chi connectivity index (χ1n) is 11.2. The highest BCUT2D eigenvalue weighted by molar-refractivity contribution is 5.77. The number of fused-ring (bicyclic) bond motifs is 1. The van der Waals surface area contributed by atoms with Gasteiger partial charge in [-0.1, -0.05) is 54.6 Å². The van der Waals surface area contributed by atoms with E-state index < -0.39 is 0 Å². The molecule has 5 heteroatoms. The molecule has 1 amide bonds. The van der Waals surface area contributed by atoms with Gasteiger partial charge in [-0.05, 0) is 29.8 Å². The van der Waals surface area contributed by atoms with Gasteiger partial charge in [-0.3, -0.25) is 4.79 Å². The lowest BCUT2D eigenvalue weighted by molar-refractivity contribution is -0.945. The zero-order chi connectivity index (χ0) is 22.3. The van der Waals surface area contributed by atoms with Crippen molar-refractivity contribution in [1.29, 1.82) is 0 Å². The number of para-hydroxylation sites is 1. The number of amides is 1. The van der Waals surface area contributed by atoms with Gasteiger partial charge in [0, 0.05) is 37.3 Å². The Kier molecular flexibility index (Phi) is 7.07. The fraction of sp³-hybridized carbons (Fsp3) is 0.296. The summed E-state index contributed by atoms with van der Waals surface area (Å²) in [6, 6.07) is 27.0. The maximum absolute atomic E-state index is 12.5. The highest BCUT2D eigenvalue weighted by atomic mass is 16.5. The summed E-state index contributed by atoms with van der Waals surface area (Å²) in [5, 5.41) is 3.11. The molecular weight excluding hydrogens is 398 g/mol. The first kappa shape index (κ1) is 21.9. The van der Waals surface area contributed by atoms with Gasteiger partial charge in [-0.15, -0.1) is 0 Å². The van der Waals surface area contributed by atoms with Crippen LogP contribution in [0.2, 0.25) is 0 Å². The second kappa shape index (κ2) is 10.3. The first-order valence-corrected chi connectivity index (χ1v) is 11.2. The molecule has 3 aromatic rings. The Hall–Kier alpha value is -3.31. The van der Waals surface area contributed by atoms with Crippen molar-refractivity contribution in [1.82, 2.24) is 5.32 Å². The van der Waals surface area contributed by atoms with Gasteiger partial charge in [-0.2, -0.15) is 0 Å². The van der Waals surface area contributed by atoms with Crippen molar-refractivity contribution in [3.63, 3.8) is 0 Å². The lowest BCUT2D eigenvalue weighted by Crippen LogP contribution is -3.12. The third-order valence-electron chi connectivity index (χ3n) is 6.17. The Morgan fingerprint density at radius 2 is 1.66 bits per heavy atom. The summed E-state index contributed by atoms with van der Waals surface area (Å²) in [5.74, 6) is 0.609. The van der Waals surface area contributed by atoms with Gasteiger partial charge in [0.05, 0.1) is 13.1 Å². The molecule has 0 bridgehead atoms. The number of quaternary nitrogens is 1. The number of anilines is 1. The summed E-state index contributed by atoms with van der Waals surface area (Å²) >= 11 is 0. The molecule has 4 rings (SSSR count). The number of hydrogen-bond donors (Lipinski definition) is 2. The molecular formula is C27H32N3O2+. The molecule has 5 nitrogen and oxygen atoms in total. The van der Waals surface area contributed by atoms with Crippen molar-refractivity contribution in [2.45, 2.75) is 19.0 Å². The second-order valence-electron chi connectivity index (χ2n) is 8.55. The van der Waals surface area contributed by atoms with Crippen LogP contribution in [0.5, 0.6) is 5.75 Å². The van der Waals surface area contributed by atoms with E-state index in [4.69, 9.17) is 4.74 Å². The quantitative estimate of drug-likeness (QED) is 0.578. The molecule has 0 saturated carbocycles. The molecule has 1 unspecified atom stereocenters. The Morgan fingerprint density at radius 3 is 2.38 bits per heavy atom. The van der Waals surface area contributed by atoms with Crippen molar-refractivity contribution in [2.24, 2.45) is 0 Å². The number of carbonyl (C=O) groups is 1. The third kappa shape index (κ3) is 5.48. The summed E-state index contributed by atoms with van der Waals surface area (Å²) in [4.78, 5) is 16.1. The van der Waals surface area contributed by atoms with E-state index in [-0.39, 0.29) is 18.6 Å². The van der Waals surface area contributed by atoms with Crippen LogP contribution in [0.1, 0.15) is 22.7 Å². The fourth-order valence-corrected chi connectivity index (χ4v) is 4.33. The smallest absolute Gasteiger partial charge is 0.258 e. The Balaban J connectivity index is 1.45. The predicted octanol–water partition coefficient (Wildman–Crippen LogP) is 2.63. The topological polar surface area (TPSA) is 46.0 Å². The van der Waals surface area contributed by atoms with Crippen LogP contribution in [-0.4, -0.2) is 39.7 Å². The Morgan fingerprint density at radius 1 is 0.969 bits per heavy atom. The highest BCUT2D eigenvalue weighted by Crippen LogP contribution is 2.18. The Bertz CT molecular complexity index is 1020. The summed E-state index contributed by atoms with van der Waals surface area (Å²) in [5.41, 5.74) is 5.27. The molecule has 0 fully saturated rings. The van der Waals surface area contributed by atoms with Crippen LogP contribution < -0.4 is 19.9 Å². The van der Waals surface area contributed by atoms with Crippen molar-refractivity contribution in [3.05, 3.63) is 95.6 Å². The Labute approximate surface area is 190 Å². The van der Waals surface area contributed by atoms with Crippen molar-refractivity contribution >= 4 is 11.6 Å². The summed E-state index contributed by atoms with van der Waals surface area (Å²) in [6.07, 6.45) is 1.06. The number of benzene rings is 3. The van der Waals surface area contributed by atoms with Crippen LogP contribution in [-0.2, 0) is 17.8 Å². The van der Waals surface area contributed by atoms with Crippen LogP contribution in [0.4, 0.5) is 5.69 Å². The highest BCUT2D eigenvalue weighted by Gasteiger charge is 2.29. The fourth-order valence-electron chi connectivity index (χ4n) is 4.33. The molecule has 0 saturated heterocycles. The van der Waals surface area contributed by atoms with Gasteiger partial charge in [0.25, 0.3) is 5.91 Å². The predicted molar refractivity (Wildman–Crippen MR) is 128 cm³/mol. The molecule has 0 aromatic heterocycles. The van der Waals surface area contributed by atoms with E-state index in [1.807, 2.05) is 44.4 Å². The number of nitrogens with zero attached hydrogens (tertiary/aromatic N) is 1. The molecule has 0 spiro atoms. The maximum Gasteiger partial charge on any atom is 0.258 e. The molecule has 1 aliphatic heterocycles. The molecule has 1 aliphatic rings. The van der Waals surface area contributed by atoms with Crippen LogP contribution in [0.3, 0.4) is 0 Å². The number of ether oxygens (including phenoxy) is 1. The maximum atomic E-state index is 12.5. The third-order valence-corrected chi connectivity index (χ3v) is 6.17. The van der Waals surface area contributed by atoms with E-state index in [9.17, 15) is 4.79 Å². The number of nitrogens with one attached hydrogen (secondary N) is 2. The number of carbonyl (C=O) groups excluding carboxylic acids is 1. The molecule has 0 radical (unpaired) electrons. The van der Waals surface area contributed by atoms with Gasteiger partial charge < -0.3 is 19.9 Å². The normalized spacial score (nSPS) is 16.0. The molecule has 3 aromatic carbocycles. The van der Waals surface area contributed by atoms with Gasteiger partial charge in [0.2, 0.25) is 0 Å². The van der Waals surface area contributed by atoms with Crippen LogP contribution in [0, 0.1) is 0 Å². The van der Waals surface area contributed by atoms with Gasteiger partial charge in [-0.25, -0.2) is 0 Å². The summed E-state index contributed by atoms with van der Waals surface area (Å²) < 4.78 is 5.62. The zero-order valence-corrected chi connectivity index (χ0v) is 18.9. The zero-order valence-electron chi connectivity index (χ0n) is 18.9. The molecule has 2 N–H and O–H groups in total. The second-order valence-corrected chi connectivity index (χ2v) is 8.55. The van der Waals surface area contributed by atoms with E-state index in [0.717, 1.165) is 19.5 Å². The van der Waals surface area contributed by atoms with E-state index in [1.165, 1.54) is 27.3 Å². The molecule has 0 aliphatic carbocycles. The van der Waals surface area contributed by atoms with Crippen LogP contribution in [0.25, 0.3) is 0 Å². The van der Waals surface area contributed by atoms with E-state index >= 15 is 0 Å². The van der Waals surface area contributed by atoms with Crippen molar-refractivity contribution in [2.75, 3.05) is 38.7 Å². The van der Waals surface area contributed by atoms with Gasteiger partial charge >= 0.3 is 0 Å². The van der Waals surface area contributed by atoms with E-state index in [0.29, 0.717) is 12.3 Å². The molecule has 166 valence electrons. The number of rotatable bonds is 8.